The number of hydrogen-bond donors (Lipinski definition) is 0. The summed E-state index contributed by atoms with van der Waals surface area (Å²) in [5, 5.41) is 4.62. The highest BCUT2D eigenvalue weighted by molar-refractivity contribution is 6.32. The highest BCUT2D eigenvalue weighted by Gasteiger charge is 2.18. The van der Waals surface area contributed by atoms with Gasteiger partial charge in [-0.1, -0.05) is 96.5 Å². The van der Waals surface area contributed by atoms with Crippen LogP contribution in [0.1, 0.15) is 0 Å². The second kappa shape index (κ2) is 8.29. The highest BCUT2D eigenvalue weighted by Crippen LogP contribution is 2.40. The molecule has 170 valence electrons. The molecule has 0 N–H and O–H groups in total. The van der Waals surface area contributed by atoms with Gasteiger partial charge >= 0.3 is 0 Å². The number of benzene rings is 5. The molecule has 36 heavy (non-hydrogen) atoms. The van der Waals surface area contributed by atoms with E-state index in [9.17, 15) is 0 Å². The summed E-state index contributed by atoms with van der Waals surface area (Å²) in [6, 6.07) is 36.0. The van der Waals surface area contributed by atoms with Crippen molar-refractivity contribution in [2.24, 2.45) is 0 Å². The van der Waals surface area contributed by atoms with E-state index in [1.807, 2.05) is 91.0 Å². The van der Waals surface area contributed by atoms with E-state index >= 15 is 0 Å². The Hall–Kier alpha value is -4.54. The second-order valence-electron chi connectivity index (χ2n) is 8.63. The van der Waals surface area contributed by atoms with Crippen molar-refractivity contribution in [2.45, 2.75) is 0 Å². The normalized spacial score (nSPS) is 11.5. The van der Waals surface area contributed by atoms with Gasteiger partial charge in [-0.3, -0.25) is 0 Å². The number of hydrogen-bond acceptors (Lipinski definition) is 4. The van der Waals surface area contributed by atoms with Gasteiger partial charge in [0.1, 0.15) is 11.2 Å². The summed E-state index contributed by atoms with van der Waals surface area (Å²) in [5.74, 6) is 1.87. The SMILES string of the molecule is Clc1ccc2oc3c4ccccc4c(-c4nc(-c5ccccc5)nc(-c5ccccc5)n4)cc3c2c1. The molecule has 5 aromatic carbocycles. The van der Waals surface area contributed by atoms with E-state index in [-0.39, 0.29) is 0 Å². The molecule has 0 radical (unpaired) electrons. The molecular weight excluding hydrogens is 466 g/mol. The molecule has 0 aliphatic heterocycles. The maximum atomic E-state index is 6.35. The van der Waals surface area contributed by atoms with Crippen molar-refractivity contribution in [3.05, 3.63) is 114 Å². The Balaban J connectivity index is 1.57. The van der Waals surface area contributed by atoms with Gasteiger partial charge in [0.15, 0.2) is 17.5 Å². The lowest BCUT2D eigenvalue weighted by Gasteiger charge is -2.11. The highest BCUT2D eigenvalue weighted by atomic mass is 35.5. The van der Waals surface area contributed by atoms with Crippen LogP contribution in [0.25, 0.3) is 66.9 Å². The number of fused-ring (bicyclic) bond motifs is 5. The molecule has 2 aromatic heterocycles. The van der Waals surface area contributed by atoms with Crippen LogP contribution in [0.15, 0.2) is 114 Å². The van der Waals surface area contributed by atoms with Crippen molar-refractivity contribution in [2.75, 3.05) is 0 Å². The Morgan fingerprint density at radius 1 is 0.500 bits per heavy atom. The lowest BCUT2D eigenvalue weighted by molar-refractivity contribution is 0.672. The summed E-state index contributed by atoms with van der Waals surface area (Å²) < 4.78 is 6.29. The third-order valence-electron chi connectivity index (χ3n) is 6.38. The quantitative estimate of drug-likeness (QED) is 0.252. The molecule has 2 heterocycles. The number of aromatic nitrogens is 3. The Morgan fingerprint density at radius 2 is 1.08 bits per heavy atom. The fourth-order valence-electron chi connectivity index (χ4n) is 4.68. The van der Waals surface area contributed by atoms with E-state index in [0.717, 1.165) is 49.4 Å². The van der Waals surface area contributed by atoms with Gasteiger partial charge in [0, 0.05) is 37.9 Å². The van der Waals surface area contributed by atoms with Crippen molar-refractivity contribution in [1.82, 2.24) is 15.0 Å². The van der Waals surface area contributed by atoms with Crippen molar-refractivity contribution in [3.8, 4) is 34.2 Å². The average Bonchev–Trinajstić information content (AvgIpc) is 3.31. The van der Waals surface area contributed by atoms with Gasteiger partial charge in [-0.15, -0.1) is 0 Å². The van der Waals surface area contributed by atoms with E-state index in [1.54, 1.807) is 0 Å². The minimum absolute atomic E-state index is 0.609. The minimum Gasteiger partial charge on any atom is -0.455 e. The lowest BCUT2D eigenvalue weighted by Crippen LogP contribution is -2.00. The van der Waals surface area contributed by atoms with Gasteiger partial charge < -0.3 is 4.42 Å². The van der Waals surface area contributed by atoms with Crippen molar-refractivity contribution in [3.63, 3.8) is 0 Å². The Bertz CT molecular complexity index is 1840. The molecule has 0 saturated carbocycles. The summed E-state index contributed by atoms with van der Waals surface area (Å²) in [6.45, 7) is 0. The summed E-state index contributed by atoms with van der Waals surface area (Å²) in [5.41, 5.74) is 4.40. The first-order valence-electron chi connectivity index (χ1n) is 11.7. The predicted molar refractivity (Wildman–Crippen MR) is 146 cm³/mol. The molecule has 4 nitrogen and oxygen atoms in total. The van der Waals surface area contributed by atoms with Crippen molar-refractivity contribution in [1.29, 1.82) is 0 Å². The summed E-state index contributed by atoms with van der Waals surface area (Å²) >= 11 is 6.35. The fraction of sp³-hybridized carbons (Fsp3) is 0. The smallest absolute Gasteiger partial charge is 0.164 e. The van der Waals surface area contributed by atoms with E-state index < -0.39 is 0 Å². The number of rotatable bonds is 3. The van der Waals surface area contributed by atoms with Crippen molar-refractivity contribution < 1.29 is 4.42 Å². The van der Waals surface area contributed by atoms with E-state index in [2.05, 4.69) is 18.2 Å². The maximum Gasteiger partial charge on any atom is 0.164 e. The van der Waals surface area contributed by atoms with Crippen LogP contribution in [0, 0.1) is 0 Å². The first-order valence-corrected chi connectivity index (χ1v) is 12.0. The predicted octanol–water partition coefficient (Wildman–Crippen LogP) is 8.58. The number of nitrogens with zero attached hydrogens (tertiary/aromatic N) is 3. The zero-order valence-electron chi connectivity index (χ0n) is 19.0. The zero-order chi connectivity index (χ0) is 24.1. The van der Waals surface area contributed by atoms with Crippen LogP contribution in [0.4, 0.5) is 0 Å². The molecule has 0 saturated heterocycles. The largest absolute Gasteiger partial charge is 0.455 e. The van der Waals surface area contributed by atoms with Gasteiger partial charge in [-0.25, -0.2) is 15.0 Å². The standard InChI is InChI=1S/C31H18ClN3O/c32-21-15-16-27-24(17-21)25-18-26(22-13-7-8-14-23(22)28(25)36-27)31-34-29(19-9-3-1-4-10-19)33-30(35-31)20-11-5-2-6-12-20/h1-18H. The van der Waals surface area contributed by atoms with E-state index in [4.69, 9.17) is 31.0 Å². The second-order valence-corrected chi connectivity index (χ2v) is 9.06. The van der Waals surface area contributed by atoms with Gasteiger partial charge in [0.2, 0.25) is 0 Å². The van der Waals surface area contributed by atoms with Gasteiger partial charge in [-0.05, 0) is 29.7 Å². The number of furan rings is 1. The molecule has 0 fully saturated rings. The monoisotopic (exact) mass is 483 g/mol. The molecule has 5 heteroatoms. The molecule has 0 aliphatic carbocycles. The Labute approximate surface area is 211 Å². The molecule has 0 bridgehead atoms. The van der Waals surface area contributed by atoms with Crippen LogP contribution in [-0.2, 0) is 0 Å². The lowest BCUT2D eigenvalue weighted by atomic mass is 9.99. The molecular formula is C31H18ClN3O. The topological polar surface area (TPSA) is 51.8 Å². The molecule has 7 aromatic rings. The zero-order valence-corrected chi connectivity index (χ0v) is 19.8. The Kier molecular flexibility index (Phi) is 4.79. The molecule has 0 atom stereocenters. The summed E-state index contributed by atoms with van der Waals surface area (Å²) in [6.07, 6.45) is 0. The maximum absolute atomic E-state index is 6.35. The summed E-state index contributed by atoms with van der Waals surface area (Å²) in [7, 11) is 0. The fourth-order valence-corrected chi connectivity index (χ4v) is 4.86. The van der Waals surface area contributed by atoms with E-state index in [0.29, 0.717) is 22.5 Å². The minimum atomic E-state index is 0.609. The van der Waals surface area contributed by atoms with Crippen LogP contribution >= 0.6 is 11.6 Å². The summed E-state index contributed by atoms with van der Waals surface area (Å²) in [4.78, 5) is 14.8. The molecule has 0 aliphatic rings. The average molecular weight is 484 g/mol. The van der Waals surface area contributed by atoms with Crippen LogP contribution in [0.3, 0.4) is 0 Å². The van der Waals surface area contributed by atoms with Gasteiger partial charge in [-0.2, -0.15) is 0 Å². The van der Waals surface area contributed by atoms with E-state index in [1.165, 1.54) is 0 Å². The third-order valence-corrected chi connectivity index (χ3v) is 6.61. The first-order chi connectivity index (χ1) is 17.7. The molecule has 0 spiro atoms. The van der Waals surface area contributed by atoms with Gasteiger partial charge in [0.05, 0.1) is 0 Å². The van der Waals surface area contributed by atoms with Crippen molar-refractivity contribution >= 4 is 44.3 Å². The Morgan fingerprint density at radius 3 is 1.75 bits per heavy atom. The van der Waals surface area contributed by atoms with Crippen LogP contribution in [-0.4, -0.2) is 15.0 Å². The molecule has 7 rings (SSSR count). The third kappa shape index (κ3) is 3.43. The molecule has 0 amide bonds. The van der Waals surface area contributed by atoms with Crippen LogP contribution in [0.2, 0.25) is 5.02 Å². The molecule has 0 unspecified atom stereocenters. The van der Waals surface area contributed by atoms with Crippen LogP contribution < -0.4 is 0 Å². The van der Waals surface area contributed by atoms with Crippen LogP contribution in [0.5, 0.6) is 0 Å². The first kappa shape index (κ1) is 20.8. The number of halogens is 1. The van der Waals surface area contributed by atoms with Gasteiger partial charge in [0.25, 0.3) is 0 Å².